The predicted octanol–water partition coefficient (Wildman–Crippen LogP) is 6.13. The second-order valence-electron chi connectivity index (χ2n) is 10.5. The van der Waals surface area contributed by atoms with E-state index in [1.807, 2.05) is 35.4 Å². The molecule has 1 amide bonds. The van der Waals surface area contributed by atoms with Gasteiger partial charge in [0.05, 0.1) is 37.9 Å². The zero-order valence-electron chi connectivity index (χ0n) is 23.4. The van der Waals surface area contributed by atoms with Crippen molar-refractivity contribution < 1.29 is 23.7 Å². The number of hydrogen-bond acceptors (Lipinski definition) is 6. The summed E-state index contributed by atoms with van der Waals surface area (Å²) in [5, 5.41) is 0.459. The van der Waals surface area contributed by atoms with Gasteiger partial charge in [0, 0.05) is 43.9 Å². The molecule has 0 saturated carbocycles. The summed E-state index contributed by atoms with van der Waals surface area (Å²) in [5.74, 6) is 1.97. The lowest BCUT2D eigenvalue weighted by atomic mass is 9.98. The topological polar surface area (TPSA) is 70.1 Å². The van der Waals surface area contributed by atoms with Crippen molar-refractivity contribution in [2.24, 2.45) is 0 Å². The fourth-order valence-corrected chi connectivity index (χ4v) is 5.59. The smallest absolute Gasteiger partial charge is 0.227 e. The van der Waals surface area contributed by atoms with E-state index in [-0.39, 0.29) is 12.3 Å². The van der Waals surface area contributed by atoms with Crippen molar-refractivity contribution in [1.29, 1.82) is 0 Å². The Bertz CT molecular complexity index is 1540. The number of halogens is 1. The number of ether oxygens (including phenoxy) is 4. The van der Waals surface area contributed by atoms with E-state index in [4.69, 9.17) is 30.5 Å². The maximum Gasteiger partial charge on any atom is 0.227 e. The number of aromatic nitrogens is 1. The molecule has 0 saturated heterocycles. The van der Waals surface area contributed by atoms with Crippen LogP contribution in [-0.4, -0.2) is 55.4 Å². The maximum absolute atomic E-state index is 13.6. The lowest BCUT2D eigenvalue weighted by molar-refractivity contribution is -0.131. The Labute approximate surface area is 251 Å². The minimum Gasteiger partial charge on any atom is -0.491 e. The van der Waals surface area contributed by atoms with Crippen LogP contribution in [0.1, 0.15) is 28.7 Å². The molecule has 42 heavy (non-hydrogen) atoms. The summed E-state index contributed by atoms with van der Waals surface area (Å²) in [4.78, 5) is 19.7. The number of fused-ring (bicyclic) bond motifs is 4. The molecule has 0 unspecified atom stereocenters. The predicted molar refractivity (Wildman–Crippen MR) is 161 cm³/mol. The minimum atomic E-state index is -0.00985. The zero-order chi connectivity index (χ0) is 28.7. The highest BCUT2D eigenvalue weighted by atomic mass is 35.5. The average molecular weight is 585 g/mol. The van der Waals surface area contributed by atoms with Gasteiger partial charge in [-0.1, -0.05) is 48.0 Å². The Morgan fingerprint density at radius 3 is 2.62 bits per heavy atom. The molecule has 0 spiro atoms. The normalized spacial score (nSPS) is 15.5. The second-order valence-corrected chi connectivity index (χ2v) is 10.9. The molecule has 8 heteroatoms. The summed E-state index contributed by atoms with van der Waals surface area (Å²) >= 11 is 6.50. The van der Waals surface area contributed by atoms with Crippen molar-refractivity contribution in [3.05, 3.63) is 106 Å². The van der Waals surface area contributed by atoms with Crippen molar-refractivity contribution in [2.45, 2.75) is 25.8 Å². The van der Waals surface area contributed by atoms with Gasteiger partial charge < -0.3 is 23.8 Å². The van der Waals surface area contributed by atoms with Gasteiger partial charge in [0.15, 0.2) is 11.5 Å². The molecule has 6 rings (SSSR count). The molecule has 0 N–H and O–H groups in total. The van der Waals surface area contributed by atoms with Crippen LogP contribution in [0, 0.1) is 0 Å². The molecular formula is C34H33ClN2O5. The molecule has 0 atom stereocenters. The van der Waals surface area contributed by atoms with Gasteiger partial charge in [0.2, 0.25) is 5.91 Å². The van der Waals surface area contributed by atoms with Crippen LogP contribution < -0.4 is 14.2 Å². The number of rotatable bonds is 3. The third-order valence-corrected chi connectivity index (χ3v) is 7.66. The van der Waals surface area contributed by atoms with Crippen molar-refractivity contribution in [3.8, 4) is 28.4 Å². The lowest BCUT2D eigenvalue weighted by Crippen LogP contribution is -2.35. The quantitative estimate of drug-likeness (QED) is 0.288. The van der Waals surface area contributed by atoms with Gasteiger partial charge in [-0.2, -0.15) is 0 Å². The van der Waals surface area contributed by atoms with Crippen LogP contribution in [0.3, 0.4) is 0 Å². The van der Waals surface area contributed by atoms with Crippen LogP contribution in [-0.2, 0) is 28.9 Å². The SMILES string of the molecule is O=C(Cc1cc(Cl)c2c(c1)OCCCO2)N1CCOCCOc2ccc(-c3cccnc3)cc2Cc2cccc(c2)C1. The number of carbonyl (C=O) groups is 1. The van der Waals surface area contributed by atoms with Gasteiger partial charge in [0.25, 0.3) is 0 Å². The Morgan fingerprint density at radius 2 is 1.71 bits per heavy atom. The number of carbonyl (C=O) groups excluding carboxylic acids is 1. The average Bonchev–Trinajstić information content (AvgIpc) is 3.25. The van der Waals surface area contributed by atoms with E-state index >= 15 is 0 Å². The van der Waals surface area contributed by atoms with Gasteiger partial charge in [0.1, 0.15) is 12.4 Å². The Balaban J connectivity index is 1.23. The molecule has 216 valence electrons. The third-order valence-electron chi connectivity index (χ3n) is 7.38. The standard InChI is InChI=1S/C34H33ClN2O5/c35-30-18-26(19-32-34(30)42-12-3-11-40-32)20-33(38)37-10-13-39-14-15-41-31-8-7-27(28-6-2-9-36-22-28)21-29(31)17-24-4-1-5-25(16-24)23-37/h1-2,4-9,16,18-19,21-22H,3,10-15,17,20,23H2. The molecule has 3 heterocycles. The summed E-state index contributed by atoms with van der Waals surface area (Å²) in [7, 11) is 0. The van der Waals surface area contributed by atoms with Crippen LogP contribution in [0.4, 0.5) is 0 Å². The third kappa shape index (κ3) is 6.86. The van der Waals surface area contributed by atoms with E-state index in [9.17, 15) is 4.79 Å². The molecular weight excluding hydrogens is 552 g/mol. The molecule has 0 radical (unpaired) electrons. The van der Waals surface area contributed by atoms with Crippen LogP contribution >= 0.6 is 11.6 Å². The van der Waals surface area contributed by atoms with Crippen LogP contribution in [0.15, 0.2) is 79.1 Å². The summed E-state index contributed by atoms with van der Waals surface area (Å²) in [6.45, 7) is 3.31. The molecule has 2 aliphatic rings. The van der Waals surface area contributed by atoms with E-state index < -0.39 is 0 Å². The summed E-state index contributed by atoms with van der Waals surface area (Å²) in [6, 6.07) is 22.3. The highest BCUT2D eigenvalue weighted by molar-refractivity contribution is 6.32. The molecule has 7 nitrogen and oxygen atoms in total. The summed E-state index contributed by atoms with van der Waals surface area (Å²) in [6.07, 6.45) is 5.32. The lowest BCUT2D eigenvalue weighted by Gasteiger charge is -2.24. The van der Waals surface area contributed by atoms with E-state index in [2.05, 4.69) is 41.4 Å². The Morgan fingerprint density at radius 1 is 0.833 bits per heavy atom. The van der Waals surface area contributed by atoms with Crippen LogP contribution in [0.25, 0.3) is 11.1 Å². The van der Waals surface area contributed by atoms with Crippen LogP contribution in [0.5, 0.6) is 17.2 Å². The molecule has 4 aromatic rings. The molecule has 2 bridgehead atoms. The van der Waals surface area contributed by atoms with E-state index in [0.29, 0.717) is 69.1 Å². The highest BCUT2D eigenvalue weighted by Crippen LogP contribution is 2.38. The molecule has 0 fully saturated rings. The fourth-order valence-electron chi connectivity index (χ4n) is 5.30. The van der Waals surface area contributed by atoms with Crippen molar-refractivity contribution in [1.82, 2.24) is 9.88 Å². The van der Waals surface area contributed by atoms with E-state index in [1.54, 1.807) is 12.3 Å². The highest BCUT2D eigenvalue weighted by Gasteiger charge is 2.20. The monoisotopic (exact) mass is 584 g/mol. The van der Waals surface area contributed by atoms with E-state index in [1.165, 1.54) is 0 Å². The van der Waals surface area contributed by atoms with Gasteiger partial charge in [-0.15, -0.1) is 0 Å². The van der Waals surface area contributed by atoms with Gasteiger partial charge in [-0.05, 0) is 58.1 Å². The van der Waals surface area contributed by atoms with Gasteiger partial charge in [-0.3, -0.25) is 9.78 Å². The first-order chi connectivity index (χ1) is 20.6. The first kappa shape index (κ1) is 28.1. The van der Waals surface area contributed by atoms with Gasteiger partial charge in [-0.25, -0.2) is 0 Å². The molecule has 1 aromatic heterocycles. The Kier molecular flexibility index (Phi) is 8.87. The second kappa shape index (κ2) is 13.3. The molecule has 2 aliphatic heterocycles. The number of pyridine rings is 1. The minimum absolute atomic E-state index is 0.00985. The van der Waals surface area contributed by atoms with Crippen molar-refractivity contribution in [2.75, 3.05) is 39.6 Å². The first-order valence-corrected chi connectivity index (χ1v) is 14.7. The fraction of sp³-hybridized carbons (Fsp3) is 0.294. The molecule has 3 aromatic carbocycles. The van der Waals surface area contributed by atoms with Gasteiger partial charge >= 0.3 is 0 Å². The molecule has 0 aliphatic carbocycles. The maximum atomic E-state index is 13.6. The van der Waals surface area contributed by atoms with Crippen molar-refractivity contribution in [3.63, 3.8) is 0 Å². The number of benzene rings is 3. The number of amides is 1. The largest absolute Gasteiger partial charge is 0.491 e. The van der Waals surface area contributed by atoms with Crippen LogP contribution in [0.2, 0.25) is 5.02 Å². The van der Waals surface area contributed by atoms with Crippen molar-refractivity contribution >= 4 is 17.5 Å². The Hall–Kier alpha value is -4.07. The number of hydrogen-bond donors (Lipinski definition) is 0. The summed E-state index contributed by atoms with van der Waals surface area (Å²) in [5.41, 5.74) is 6.23. The number of nitrogens with zero attached hydrogens (tertiary/aromatic N) is 2. The first-order valence-electron chi connectivity index (χ1n) is 14.3. The summed E-state index contributed by atoms with van der Waals surface area (Å²) < 4.78 is 23.6. The van der Waals surface area contributed by atoms with E-state index in [0.717, 1.165) is 45.6 Å². The zero-order valence-corrected chi connectivity index (χ0v) is 24.1.